The van der Waals surface area contributed by atoms with Gasteiger partial charge in [-0.05, 0) is 13.0 Å². The number of primary amides is 1. The van der Waals surface area contributed by atoms with Crippen molar-refractivity contribution in [3.05, 3.63) is 29.8 Å². The third kappa shape index (κ3) is 2.70. The predicted molar refractivity (Wildman–Crippen MR) is 71.1 cm³/mol. The Kier molecular flexibility index (Phi) is 3.66. The molecule has 2 aromatic rings. The van der Waals surface area contributed by atoms with Crippen LogP contribution in [0.25, 0.3) is 11.4 Å². The maximum Gasteiger partial charge on any atom is 0.227 e. The Morgan fingerprint density at radius 3 is 2.89 bits per heavy atom. The maximum atomic E-state index is 10.7. The summed E-state index contributed by atoms with van der Waals surface area (Å²) in [5.41, 5.74) is 7.29. The minimum Gasteiger partial charge on any atom is -0.369 e. The van der Waals surface area contributed by atoms with Crippen LogP contribution in [0.15, 0.2) is 29.4 Å². The summed E-state index contributed by atoms with van der Waals surface area (Å²) in [5.74, 6) is 0.630. The van der Waals surface area contributed by atoms with Crippen LogP contribution in [-0.4, -0.2) is 26.4 Å². The van der Waals surface area contributed by atoms with Crippen LogP contribution in [0.1, 0.15) is 5.56 Å². The summed E-state index contributed by atoms with van der Waals surface area (Å²) in [6, 6.07) is 8.05. The fourth-order valence-electron chi connectivity index (χ4n) is 1.61. The Labute approximate surface area is 109 Å². The molecule has 0 bridgehead atoms. The van der Waals surface area contributed by atoms with Gasteiger partial charge in [0.25, 0.3) is 0 Å². The number of nitrogens with two attached hydrogens (primary N) is 1. The first kappa shape index (κ1) is 12.6. The second-order valence-electron chi connectivity index (χ2n) is 3.99. The molecule has 1 amide bonds. The molecule has 0 radical (unpaired) electrons. The van der Waals surface area contributed by atoms with Crippen molar-refractivity contribution >= 4 is 17.7 Å². The number of aryl methyl sites for hydroxylation is 1. The molecule has 0 fully saturated rings. The molecule has 5 nitrogen and oxygen atoms in total. The van der Waals surface area contributed by atoms with Crippen LogP contribution < -0.4 is 5.73 Å². The molecular formula is C12H14N4OS. The number of carbonyl (C=O) groups is 1. The molecule has 1 heterocycles. The van der Waals surface area contributed by atoms with Gasteiger partial charge in [-0.15, -0.1) is 10.2 Å². The molecule has 0 aliphatic heterocycles. The number of amides is 1. The van der Waals surface area contributed by atoms with Gasteiger partial charge in [-0.3, -0.25) is 4.79 Å². The van der Waals surface area contributed by atoms with Crippen molar-refractivity contribution in [2.45, 2.75) is 12.1 Å². The van der Waals surface area contributed by atoms with Gasteiger partial charge < -0.3 is 10.3 Å². The first-order chi connectivity index (χ1) is 8.58. The minimum absolute atomic E-state index is 0.208. The van der Waals surface area contributed by atoms with Gasteiger partial charge in [-0.1, -0.05) is 35.5 Å². The second-order valence-corrected chi connectivity index (χ2v) is 4.93. The zero-order chi connectivity index (χ0) is 13.1. The van der Waals surface area contributed by atoms with Gasteiger partial charge >= 0.3 is 0 Å². The van der Waals surface area contributed by atoms with Crippen LogP contribution in [-0.2, 0) is 11.8 Å². The lowest BCUT2D eigenvalue weighted by atomic mass is 10.1. The molecule has 0 aliphatic carbocycles. The zero-order valence-corrected chi connectivity index (χ0v) is 11.1. The van der Waals surface area contributed by atoms with Gasteiger partial charge in [0.2, 0.25) is 5.91 Å². The first-order valence-corrected chi connectivity index (χ1v) is 6.44. The molecule has 2 rings (SSSR count). The summed E-state index contributed by atoms with van der Waals surface area (Å²) in [5, 5.41) is 8.89. The topological polar surface area (TPSA) is 73.8 Å². The van der Waals surface area contributed by atoms with Crippen LogP contribution in [0, 0.1) is 6.92 Å². The van der Waals surface area contributed by atoms with E-state index in [2.05, 4.69) is 10.2 Å². The van der Waals surface area contributed by atoms with E-state index >= 15 is 0 Å². The molecule has 2 N–H and O–H groups in total. The second kappa shape index (κ2) is 5.22. The van der Waals surface area contributed by atoms with Gasteiger partial charge in [-0.2, -0.15) is 0 Å². The van der Waals surface area contributed by atoms with E-state index in [1.165, 1.54) is 17.3 Å². The molecule has 94 valence electrons. The van der Waals surface area contributed by atoms with Crippen molar-refractivity contribution in [3.8, 4) is 11.4 Å². The fraction of sp³-hybridized carbons (Fsp3) is 0.250. The van der Waals surface area contributed by atoms with E-state index in [9.17, 15) is 4.79 Å². The van der Waals surface area contributed by atoms with Crippen LogP contribution in [0.2, 0.25) is 0 Å². The smallest absolute Gasteiger partial charge is 0.227 e. The van der Waals surface area contributed by atoms with Crippen LogP contribution in [0.3, 0.4) is 0 Å². The summed E-state index contributed by atoms with van der Waals surface area (Å²) in [4.78, 5) is 10.7. The van der Waals surface area contributed by atoms with Gasteiger partial charge in [0.15, 0.2) is 11.0 Å². The Balaban J connectivity index is 2.28. The van der Waals surface area contributed by atoms with E-state index in [0.29, 0.717) is 5.16 Å². The third-order valence-electron chi connectivity index (χ3n) is 2.45. The highest BCUT2D eigenvalue weighted by Crippen LogP contribution is 2.22. The average Bonchev–Trinajstić information content (AvgIpc) is 2.68. The monoisotopic (exact) mass is 262 g/mol. The Morgan fingerprint density at radius 1 is 1.44 bits per heavy atom. The van der Waals surface area contributed by atoms with Gasteiger partial charge in [-0.25, -0.2) is 0 Å². The van der Waals surface area contributed by atoms with Crippen molar-refractivity contribution in [3.63, 3.8) is 0 Å². The van der Waals surface area contributed by atoms with Crippen molar-refractivity contribution < 1.29 is 4.79 Å². The summed E-state index contributed by atoms with van der Waals surface area (Å²) >= 11 is 1.29. The molecule has 1 aromatic heterocycles. The van der Waals surface area contributed by atoms with Crippen LogP contribution >= 0.6 is 11.8 Å². The molecule has 0 aliphatic rings. The summed E-state index contributed by atoms with van der Waals surface area (Å²) < 4.78 is 1.86. The molecule has 6 heteroatoms. The molecule has 0 unspecified atom stereocenters. The van der Waals surface area contributed by atoms with E-state index in [-0.39, 0.29) is 11.7 Å². The third-order valence-corrected chi connectivity index (χ3v) is 3.50. The predicted octanol–water partition coefficient (Wildman–Crippen LogP) is 1.37. The van der Waals surface area contributed by atoms with Crippen molar-refractivity contribution in [2.24, 2.45) is 12.8 Å². The van der Waals surface area contributed by atoms with Gasteiger partial charge in [0.1, 0.15) is 0 Å². The van der Waals surface area contributed by atoms with Crippen molar-refractivity contribution in [1.29, 1.82) is 0 Å². The van der Waals surface area contributed by atoms with Crippen molar-refractivity contribution in [2.75, 3.05) is 5.75 Å². The maximum absolute atomic E-state index is 10.7. The number of benzene rings is 1. The first-order valence-electron chi connectivity index (χ1n) is 5.45. The lowest BCUT2D eigenvalue weighted by molar-refractivity contribution is -0.115. The zero-order valence-electron chi connectivity index (χ0n) is 10.3. The van der Waals surface area contributed by atoms with E-state index in [0.717, 1.165) is 11.4 Å². The molecule has 0 spiro atoms. The number of hydrogen-bond donors (Lipinski definition) is 1. The van der Waals surface area contributed by atoms with E-state index < -0.39 is 0 Å². The Hall–Kier alpha value is -1.82. The molecule has 0 saturated heterocycles. The number of aromatic nitrogens is 3. The van der Waals surface area contributed by atoms with E-state index in [4.69, 9.17) is 5.73 Å². The lowest BCUT2D eigenvalue weighted by Crippen LogP contribution is -2.13. The normalized spacial score (nSPS) is 10.6. The molecule has 1 aromatic carbocycles. The highest BCUT2D eigenvalue weighted by molar-refractivity contribution is 7.99. The van der Waals surface area contributed by atoms with E-state index in [1.807, 2.05) is 42.8 Å². The highest BCUT2D eigenvalue weighted by atomic mass is 32.2. The van der Waals surface area contributed by atoms with Crippen LogP contribution in [0.4, 0.5) is 0 Å². The van der Waals surface area contributed by atoms with Crippen molar-refractivity contribution in [1.82, 2.24) is 14.8 Å². The summed E-state index contributed by atoms with van der Waals surface area (Å²) in [6.45, 7) is 2.03. The molecule has 0 saturated carbocycles. The number of carbonyl (C=O) groups excluding carboxylic acids is 1. The quantitative estimate of drug-likeness (QED) is 0.844. The summed E-state index contributed by atoms with van der Waals surface area (Å²) in [6.07, 6.45) is 0. The largest absolute Gasteiger partial charge is 0.369 e. The minimum atomic E-state index is -0.361. The highest BCUT2D eigenvalue weighted by Gasteiger charge is 2.11. The molecule has 0 atom stereocenters. The number of nitrogens with zero attached hydrogens (tertiary/aromatic N) is 3. The van der Waals surface area contributed by atoms with Crippen LogP contribution in [0.5, 0.6) is 0 Å². The standard InChI is InChI=1S/C12H14N4OS/c1-8-4-3-5-9(6-8)11-14-15-12(16(11)2)18-7-10(13)17/h3-6H,7H2,1-2H3,(H2,13,17). The SMILES string of the molecule is Cc1cccc(-c2nnc(SCC(N)=O)n2C)c1. The van der Waals surface area contributed by atoms with E-state index in [1.54, 1.807) is 0 Å². The average molecular weight is 262 g/mol. The number of hydrogen-bond acceptors (Lipinski definition) is 4. The number of thioether (sulfide) groups is 1. The molecular weight excluding hydrogens is 248 g/mol. The molecule has 18 heavy (non-hydrogen) atoms. The Bertz CT molecular complexity index is 579. The summed E-state index contributed by atoms with van der Waals surface area (Å²) in [7, 11) is 1.88. The Morgan fingerprint density at radius 2 is 2.22 bits per heavy atom. The van der Waals surface area contributed by atoms with Gasteiger partial charge in [0, 0.05) is 12.6 Å². The lowest BCUT2D eigenvalue weighted by Gasteiger charge is -2.03. The fourth-order valence-corrected chi connectivity index (χ4v) is 2.26. The number of rotatable bonds is 4. The van der Waals surface area contributed by atoms with Gasteiger partial charge in [0.05, 0.1) is 5.75 Å².